The van der Waals surface area contributed by atoms with Gasteiger partial charge in [-0.2, -0.15) is 9.61 Å². The molecule has 1 atom stereocenters. The number of hydrogen-bond donors (Lipinski definition) is 1. The number of rotatable bonds is 2. The Morgan fingerprint density at radius 2 is 1.96 bits per heavy atom. The summed E-state index contributed by atoms with van der Waals surface area (Å²) in [6.45, 7) is 5.55. The Balaban J connectivity index is 1.94. The van der Waals surface area contributed by atoms with E-state index in [1.165, 1.54) is 0 Å². The van der Waals surface area contributed by atoms with Crippen molar-refractivity contribution in [3.05, 3.63) is 47.7 Å². The van der Waals surface area contributed by atoms with Gasteiger partial charge in [-0.25, -0.2) is 4.98 Å². The Bertz CT molecular complexity index is 856. The molecule has 5 heteroatoms. The average molecular weight is 308 g/mol. The van der Waals surface area contributed by atoms with Crippen LogP contribution >= 0.6 is 0 Å². The van der Waals surface area contributed by atoms with E-state index in [1.54, 1.807) is 0 Å². The fourth-order valence-corrected chi connectivity index (χ4v) is 3.15. The summed E-state index contributed by atoms with van der Waals surface area (Å²) in [5.74, 6) is 1.00. The molecular formula is C18H20N4O. The second kappa shape index (κ2) is 5.35. The van der Waals surface area contributed by atoms with E-state index in [-0.39, 0.29) is 6.10 Å². The molecule has 1 saturated heterocycles. The van der Waals surface area contributed by atoms with Crippen molar-refractivity contribution in [2.45, 2.75) is 26.4 Å². The second-order valence-corrected chi connectivity index (χ2v) is 6.20. The lowest BCUT2D eigenvalue weighted by Crippen LogP contribution is -2.24. The monoisotopic (exact) mass is 308 g/mol. The van der Waals surface area contributed by atoms with E-state index in [1.807, 2.05) is 29.6 Å². The molecule has 1 N–H and O–H groups in total. The summed E-state index contributed by atoms with van der Waals surface area (Å²) in [5, 5.41) is 14.5. The van der Waals surface area contributed by atoms with Crippen LogP contribution in [-0.4, -0.2) is 38.9 Å². The quantitative estimate of drug-likeness (QED) is 0.790. The normalized spacial score (nSPS) is 18.0. The van der Waals surface area contributed by atoms with Gasteiger partial charge in [0.05, 0.1) is 17.5 Å². The third kappa shape index (κ3) is 2.37. The molecule has 0 bridgehead atoms. The number of aliphatic hydroxyl groups is 1. The van der Waals surface area contributed by atoms with Gasteiger partial charge >= 0.3 is 0 Å². The third-order valence-electron chi connectivity index (χ3n) is 4.59. The minimum absolute atomic E-state index is 0.267. The van der Waals surface area contributed by atoms with Crippen LogP contribution in [-0.2, 0) is 0 Å². The zero-order valence-corrected chi connectivity index (χ0v) is 13.4. The number of aromatic nitrogens is 3. The molecule has 23 heavy (non-hydrogen) atoms. The number of benzene rings is 1. The predicted molar refractivity (Wildman–Crippen MR) is 90.7 cm³/mol. The highest BCUT2D eigenvalue weighted by molar-refractivity contribution is 5.68. The zero-order valence-electron chi connectivity index (χ0n) is 13.4. The van der Waals surface area contributed by atoms with Gasteiger partial charge in [0.1, 0.15) is 5.82 Å². The first-order valence-corrected chi connectivity index (χ1v) is 7.99. The number of aliphatic hydroxyl groups excluding tert-OH is 1. The summed E-state index contributed by atoms with van der Waals surface area (Å²) in [7, 11) is 0. The van der Waals surface area contributed by atoms with Crippen molar-refractivity contribution in [3.63, 3.8) is 0 Å². The van der Waals surface area contributed by atoms with Gasteiger partial charge in [0, 0.05) is 30.3 Å². The molecule has 4 rings (SSSR count). The van der Waals surface area contributed by atoms with Crippen LogP contribution in [0.4, 0.5) is 5.82 Å². The molecule has 2 aromatic heterocycles. The van der Waals surface area contributed by atoms with Crippen LogP contribution in [0, 0.1) is 13.8 Å². The lowest BCUT2D eigenvalue weighted by Gasteiger charge is -2.19. The first-order valence-electron chi connectivity index (χ1n) is 7.99. The zero-order chi connectivity index (χ0) is 16.0. The fourth-order valence-electron chi connectivity index (χ4n) is 3.15. The molecule has 0 amide bonds. The highest BCUT2D eigenvalue weighted by Gasteiger charge is 2.24. The SMILES string of the molecule is Cc1nn2c(N3CC[C@@H](O)C3)cc(-c3ccccc3)nc2c1C. The molecule has 3 heterocycles. The minimum Gasteiger partial charge on any atom is -0.391 e. The highest BCUT2D eigenvalue weighted by atomic mass is 16.3. The first kappa shape index (κ1) is 14.2. The van der Waals surface area contributed by atoms with Gasteiger partial charge in [-0.1, -0.05) is 30.3 Å². The Morgan fingerprint density at radius 3 is 2.65 bits per heavy atom. The number of hydrogen-bond acceptors (Lipinski definition) is 4. The summed E-state index contributed by atoms with van der Waals surface area (Å²) in [6.07, 6.45) is 0.528. The number of aryl methyl sites for hydroxylation is 2. The minimum atomic E-state index is -0.267. The van der Waals surface area contributed by atoms with Crippen LogP contribution in [0.2, 0.25) is 0 Å². The van der Waals surface area contributed by atoms with E-state index < -0.39 is 0 Å². The van der Waals surface area contributed by atoms with Crippen molar-refractivity contribution in [1.82, 2.24) is 14.6 Å². The largest absolute Gasteiger partial charge is 0.391 e. The van der Waals surface area contributed by atoms with Crippen molar-refractivity contribution in [2.75, 3.05) is 18.0 Å². The summed E-state index contributed by atoms with van der Waals surface area (Å²) < 4.78 is 1.91. The molecule has 0 radical (unpaired) electrons. The summed E-state index contributed by atoms with van der Waals surface area (Å²) >= 11 is 0. The van der Waals surface area contributed by atoms with Gasteiger partial charge in [0.15, 0.2) is 5.65 Å². The number of nitrogens with zero attached hydrogens (tertiary/aromatic N) is 4. The molecule has 1 fully saturated rings. The lowest BCUT2D eigenvalue weighted by atomic mass is 10.1. The van der Waals surface area contributed by atoms with Crippen LogP contribution < -0.4 is 4.90 Å². The molecule has 1 aromatic carbocycles. The van der Waals surface area contributed by atoms with Crippen molar-refractivity contribution >= 4 is 11.5 Å². The van der Waals surface area contributed by atoms with Crippen LogP contribution in [0.25, 0.3) is 16.9 Å². The van der Waals surface area contributed by atoms with E-state index in [0.717, 1.165) is 46.9 Å². The van der Waals surface area contributed by atoms with Crippen LogP contribution in [0.3, 0.4) is 0 Å². The van der Waals surface area contributed by atoms with Crippen molar-refractivity contribution in [1.29, 1.82) is 0 Å². The maximum absolute atomic E-state index is 9.89. The topological polar surface area (TPSA) is 53.7 Å². The van der Waals surface area contributed by atoms with E-state index in [4.69, 9.17) is 4.98 Å². The molecule has 1 aliphatic heterocycles. The van der Waals surface area contributed by atoms with Gasteiger partial charge in [0.2, 0.25) is 0 Å². The molecule has 118 valence electrons. The van der Waals surface area contributed by atoms with E-state index in [2.05, 4.69) is 35.1 Å². The van der Waals surface area contributed by atoms with Crippen molar-refractivity contribution in [3.8, 4) is 11.3 Å². The molecular weight excluding hydrogens is 288 g/mol. The molecule has 0 saturated carbocycles. The van der Waals surface area contributed by atoms with Gasteiger partial charge in [-0.3, -0.25) is 0 Å². The van der Waals surface area contributed by atoms with Gasteiger partial charge in [-0.15, -0.1) is 0 Å². The number of fused-ring (bicyclic) bond motifs is 1. The summed E-state index contributed by atoms with van der Waals surface area (Å²) in [6, 6.07) is 12.3. The summed E-state index contributed by atoms with van der Waals surface area (Å²) in [5.41, 5.74) is 5.01. The Hall–Kier alpha value is -2.40. The van der Waals surface area contributed by atoms with Crippen LogP contribution in [0.15, 0.2) is 36.4 Å². The molecule has 1 aliphatic rings. The van der Waals surface area contributed by atoms with Crippen molar-refractivity contribution < 1.29 is 5.11 Å². The lowest BCUT2D eigenvalue weighted by molar-refractivity contribution is 0.198. The molecule has 0 aliphatic carbocycles. The molecule has 5 nitrogen and oxygen atoms in total. The Kier molecular flexibility index (Phi) is 3.31. The Labute approximate surface area is 135 Å². The maximum atomic E-state index is 9.89. The first-order chi connectivity index (χ1) is 11.1. The third-order valence-corrected chi connectivity index (χ3v) is 4.59. The molecule has 0 unspecified atom stereocenters. The van der Waals surface area contributed by atoms with Crippen LogP contribution in [0.5, 0.6) is 0 Å². The van der Waals surface area contributed by atoms with Crippen LogP contribution in [0.1, 0.15) is 17.7 Å². The molecule has 3 aromatic rings. The van der Waals surface area contributed by atoms with E-state index in [9.17, 15) is 5.11 Å². The number of β-amino-alcohol motifs (C(OH)–C–C–N with tert-alkyl or cyclic N) is 1. The second-order valence-electron chi connectivity index (χ2n) is 6.20. The highest BCUT2D eigenvalue weighted by Crippen LogP contribution is 2.28. The number of anilines is 1. The van der Waals surface area contributed by atoms with Gasteiger partial charge in [0.25, 0.3) is 0 Å². The van der Waals surface area contributed by atoms with Gasteiger partial charge < -0.3 is 10.0 Å². The van der Waals surface area contributed by atoms with Crippen molar-refractivity contribution in [2.24, 2.45) is 0 Å². The predicted octanol–water partition coefficient (Wildman–Crippen LogP) is 2.58. The average Bonchev–Trinajstić information content (AvgIpc) is 3.12. The maximum Gasteiger partial charge on any atom is 0.161 e. The van der Waals surface area contributed by atoms with E-state index >= 15 is 0 Å². The fraction of sp³-hybridized carbons (Fsp3) is 0.333. The van der Waals surface area contributed by atoms with Gasteiger partial charge in [-0.05, 0) is 20.3 Å². The Morgan fingerprint density at radius 1 is 1.17 bits per heavy atom. The standard InChI is InChI=1S/C18H20N4O/c1-12-13(2)20-22-17(21-9-8-15(23)11-21)10-16(19-18(12)22)14-6-4-3-5-7-14/h3-7,10,15,23H,8-9,11H2,1-2H3/t15-/m1/s1. The molecule has 0 spiro atoms. The van der Waals surface area contributed by atoms with E-state index in [0.29, 0.717) is 6.54 Å². The summed E-state index contributed by atoms with van der Waals surface area (Å²) in [4.78, 5) is 7.02. The smallest absolute Gasteiger partial charge is 0.161 e.